The summed E-state index contributed by atoms with van der Waals surface area (Å²) in [5.41, 5.74) is 9.70. The molecule has 0 bridgehead atoms. The van der Waals surface area contributed by atoms with Gasteiger partial charge >= 0.3 is 0 Å². The lowest BCUT2D eigenvalue weighted by atomic mass is 10.1. The zero-order valence-electron chi connectivity index (χ0n) is 17.5. The third-order valence-electron chi connectivity index (χ3n) is 5.72. The Labute approximate surface area is 186 Å². The van der Waals surface area contributed by atoms with E-state index in [-0.39, 0.29) is 17.7 Å². The van der Waals surface area contributed by atoms with Gasteiger partial charge in [0.25, 0.3) is 0 Å². The SMILES string of the molecule is Nc1ncc(-c2ccc(CNC(=O)[C@@H]3C[C@@H]3c3cccc(Oc4ccccc4)c3)cc2)[nH]1. The van der Waals surface area contributed by atoms with Crippen molar-refractivity contribution in [1.29, 1.82) is 0 Å². The number of nitrogens with two attached hydrogens (primary N) is 1. The molecule has 0 unspecified atom stereocenters. The lowest BCUT2D eigenvalue weighted by Gasteiger charge is -2.08. The van der Waals surface area contributed by atoms with Gasteiger partial charge in [-0.25, -0.2) is 4.98 Å². The van der Waals surface area contributed by atoms with Gasteiger partial charge in [-0.1, -0.05) is 54.6 Å². The third kappa shape index (κ3) is 4.49. The predicted octanol–water partition coefficient (Wildman–Crippen LogP) is 4.87. The van der Waals surface area contributed by atoms with Crippen LogP contribution in [0.1, 0.15) is 23.5 Å². The number of hydrogen-bond acceptors (Lipinski definition) is 4. The standard InChI is InChI=1S/C26H24N4O2/c27-26-29-16-24(30-26)18-11-9-17(10-12-18)15-28-25(31)23-14-22(23)19-5-4-8-21(13-19)32-20-6-2-1-3-7-20/h1-13,16,22-23H,14-15H2,(H,28,31)(H3,27,29,30)/t22-,23-/m1/s1. The van der Waals surface area contributed by atoms with Crippen LogP contribution in [0.4, 0.5) is 5.95 Å². The molecule has 0 saturated heterocycles. The molecule has 4 aromatic rings. The first-order valence-corrected chi connectivity index (χ1v) is 10.7. The van der Waals surface area contributed by atoms with Crippen molar-refractivity contribution in [2.75, 3.05) is 5.73 Å². The van der Waals surface area contributed by atoms with E-state index in [1.807, 2.05) is 72.8 Å². The number of carbonyl (C=O) groups is 1. The van der Waals surface area contributed by atoms with Gasteiger partial charge in [0.15, 0.2) is 5.95 Å². The van der Waals surface area contributed by atoms with Crippen molar-refractivity contribution < 1.29 is 9.53 Å². The van der Waals surface area contributed by atoms with Gasteiger partial charge in [0.2, 0.25) is 5.91 Å². The molecule has 0 aliphatic heterocycles. The van der Waals surface area contributed by atoms with Gasteiger partial charge in [0.1, 0.15) is 11.5 Å². The fraction of sp³-hybridized carbons (Fsp3) is 0.154. The summed E-state index contributed by atoms with van der Waals surface area (Å²) in [4.78, 5) is 19.7. The number of hydrogen-bond donors (Lipinski definition) is 3. The van der Waals surface area contributed by atoms with Gasteiger partial charge < -0.3 is 20.8 Å². The van der Waals surface area contributed by atoms with Gasteiger partial charge in [-0.2, -0.15) is 0 Å². The number of nitrogen functional groups attached to an aromatic ring is 1. The molecule has 1 aliphatic rings. The van der Waals surface area contributed by atoms with Gasteiger partial charge in [-0.3, -0.25) is 4.79 Å². The molecule has 1 saturated carbocycles. The molecule has 1 heterocycles. The highest BCUT2D eigenvalue weighted by molar-refractivity contribution is 5.83. The topological polar surface area (TPSA) is 93.0 Å². The molecule has 32 heavy (non-hydrogen) atoms. The Balaban J connectivity index is 1.15. The summed E-state index contributed by atoms with van der Waals surface area (Å²) in [5, 5.41) is 3.07. The predicted molar refractivity (Wildman–Crippen MR) is 124 cm³/mol. The third-order valence-corrected chi connectivity index (χ3v) is 5.72. The molecule has 0 spiro atoms. The first-order valence-electron chi connectivity index (χ1n) is 10.7. The maximum atomic E-state index is 12.7. The Bertz CT molecular complexity index is 1220. The summed E-state index contributed by atoms with van der Waals surface area (Å²) in [6.07, 6.45) is 2.57. The summed E-state index contributed by atoms with van der Waals surface area (Å²) in [5.74, 6) is 2.33. The number of amides is 1. The first kappa shape index (κ1) is 19.9. The molecule has 1 aromatic heterocycles. The Hall–Kier alpha value is -4.06. The van der Waals surface area contributed by atoms with E-state index < -0.39 is 0 Å². The fourth-order valence-corrected chi connectivity index (χ4v) is 3.89. The van der Waals surface area contributed by atoms with E-state index in [1.54, 1.807) is 6.20 Å². The molecule has 6 heteroatoms. The number of aromatic amines is 1. The van der Waals surface area contributed by atoms with Crippen LogP contribution in [0.25, 0.3) is 11.3 Å². The second-order valence-electron chi connectivity index (χ2n) is 8.03. The number of aromatic nitrogens is 2. The smallest absolute Gasteiger partial charge is 0.224 e. The molecular weight excluding hydrogens is 400 g/mol. The fourth-order valence-electron chi connectivity index (χ4n) is 3.89. The quantitative estimate of drug-likeness (QED) is 0.395. The Morgan fingerprint density at radius 2 is 1.81 bits per heavy atom. The zero-order valence-corrected chi connectivity index (χ0v) is 17.5. The Kier molecular flexibility index (Phi) is 5.34. The molecule has 2 atom stereocenters. The van der Waals surface area contributed by atoms with Crippen LogP contribution in [0.2, 0.25) is 0 Å². The molecule has 5 rings (SSSR count). The van der Waals surface area contributed by atoms with Crippen molar-refractivity contribution in [1.82, 2.24) is 15.3 Å². The van der Waals surface area contributed by atoms with E-state index in [0.717, 1.165) is 40.3 Å². The minimum absolute atomic E-state index is 0.00853. The lowest BCUT2D eigenvalue weighted by Crippen LogP contribution is -2.24. The van der Waals surface area contributed by atoms with Crippen LogP contribution in [0, 0.1) is 5.92 Å². The number of para-hydroxylation sites is 1. The molecule has 1 aliphatic carbocycles. The van der Waals surface area contributed by atoms with Gasteiger partial charge in [0, 0.05) is 12.5 Å². The van der Waals surface area contributed by atoms with Crippen molar-refractivity contribution in [3.63, 3.8) is 0 Å². The van der Waals surface area contributed by atoms with Gasteiger partial charge in [0.05, 0.1) is 11.9 Å². The summed E-state index contributed by atoms with van der Waals surface area (Å²) in [6.45, 7) is 0.505. The zero-order chi connectivity index (χ0) is 21.9. The van der Waals surface area contributed by atoms with Crippen LogP contribution < -0.4 is 15.8 Å². The van der Waals surface area contributed by atoms with E-state index in [2.05, 4.69) is 21.4 Å². The number of carbonyl (C=O) groups excluding carboxylic acids is 1. The average Bonchev–Trinajstić information content (AvgIpc) is 3.52. The van der Waals surface area contributed by atoms with Gasteiger partial charge in [-0.05, 0) is 53.3 Å². The Morgan fingerprint density at radius 3 is 2.56 bits per heavy atom. The maximum Gasteiger partial charge on any atom is 0.224 e. The minimum Gasteiger partial charge on any atom is -0.457 e. The average molecular weight is 425 g/mol. The number of anilines is 1. The first-order chi connectivity index (χ1) is 15.7. The van der Waals surface area contributed by atoms with Crippen LogP contribution in [0.15, 0.2) is 85.1 Å². The lowest BCUT2D eigenvalue weighted by molar-refractivity contribution is -0.122. The second kappa shape index (κ2) is 8.59. The number of nitrogens with one attached hydrogen (secondary N) is 2. The number of H-pyrrole nitrogens is 1. The van der Waals surface area contributed by atoms with E-state index in [1.165, 1.54) is 0 Å². The molecule has 1 fully saturated rings. The molecule has 3 aromatic carbocycles. The molecule has 160 valence electrons. The van der Waals surface area contributed by atoms with E-state index >= 15 is 0 Å². The normalized spacial score (nSPS) is 17.0. The number of nitrogens with zero attached hydrogens (tertiary/aromatic N) is 1. The summed E-state index contributed by atoms with van der Waals surface area (Å²) < 4.78 is 5.93. The minimum atomic E-state index is 0.00853. The van der Waals surface area contributed by atoms with Crippen molar-refractivity contribution in [2.24, 2.45) is 5.92 Å². The monoisotopic (exact) mass is 424 g/mol. The van der Waals surface area contributed by atoms with Crippen LogP contribution >= 0.6 is 0 Å². The van der Waals surface area contributed by atoms with Crippen molar-refractivity contribution in [3.8, 4) is 22.8 Å². The van der Waals surface area contributed by atoms with E-state index in [9.17, 15) is 4.79 Å². The van der Waals surface area contributed by atoms with Crippen LogP contribution in [0.5, 0.6) is 11.5 Å². The van der Waals surface area contributed by atoms with E-state index in [4.69, 9.17) is 10.5 Å². The maximum absolute atomic E-state index is 12.7. The number of benzene rings is 3. The van der Waals surface area contributed by atoms with Crippen LogP contribution in [-0.4, -0.2) is 15.9 Å². The summed E-state index contributed by atoms with van der Waals surface area (Å²) in [7, 11) is 0. The van der Waals surface area contributed by atoms with Crippen LogP contribution in [0.3, 0.4) is 0 Å². The largest absolute Gasteiger partial charge is 0.457 e. The second-order valence-corrected chi connectivity index (χ2v) is 8.03. The summed E-state index contributed by atoms with van der Waals surface area (Å²) >= 11 is 0. The molecule has 4 N–H and O–H groups in total. The van der Waals surface area contributed by atoms with Crippen molar-refractivity contribution in [3.05, 3.63) is 96.2 Å². The van der Waals surface area contributed by atoms with E-state index in [0.29, 0.717) is 12.5 Å². The molecule has 0 radical (unpaired) electrons. The molecular formula is C26H24N4O2. The highest BCUT2D eigenvalue weighted by Crippen LogP contribution is 2.48. The highest BCUT2D eigenvalue weighted by atomic mass is 16.5. The molecule has 6 nitrogen and oxygen atoms in total. The molecule has 1 amide bonds. The van der Waals surface area contributed by atoms with Gasteiger partial charge in [-0.15, -0.1) is 0 Å². The number of ether oxygens (including phenoxy) is 1. The summed E-state index contributed by atoms with van der Waals surface area (Å²) in [6, 6.07) is 25.7. The van der Waals surface area contributed by atoms with Crippen LogP contribution in [-0.2, 0) is 11.3 Å². The number of imidazole rings is 1. The van der Waals surface area contributed by atoms with Crippen molar-refractivity contribution in [2.45, 2.75) is 18.9 Å². The Morgan fingerprint density at radius 1 is 1.03 bits per heavy atom. The van der Waals surface area contributed by atoms with Crippen molar-refractivity contribution >= 4 is 11.9 Å². The highest BCUT2D eigenvalue weighted by Gasteiger charge is 2.43. The number of rotatable bonds is 7.